The first-order chi connectivity index (χ1) is 13.4. The number of hydrogen-bond donors (Lipinski definition) is 1. The van der Waals surface area contributed by atoms with Crippen LogP contribution in [0.4, 0.5) is 5.95 Å². The van der Waals surface area contributed by atoms with Crippen LogP contribution in [-0.2, 0) is 4.79 Å². The fourth-order valence-electron chi connectivity index (χ4n) is 3.95. The van der Waals surface area contributed by atoms with E-state index in [1.54, 1.807) is 4.68 Å². The van der Waals surface area contributed by atoms with Crippen LogP contribution in [0.1, 0.15) is 58.1 Å². The number of rotatable bonds is 5. The predicted molar refractivity (Wildman–Crippen MR) is 109 cm³/mol. The maximum atomic E-state index is 13.2. The number of anilines is 1. The smallest absolute Gasteiger partial charge is 0.248 e. The molecular weight excluding hydrogens is 422 g/mol. The standard InChI is InChI=1S/C20H24BrN5O2/c1-4-5-8-28-16-7-6-12(21)9-13(16)18-17-14(10-20(2,3)11-15(17)27)22-19-23-24-25-26(18)19/h6-7,9,18H,4-5,8,10-11H2,1-3H3,(H,22,23,25). The van der Waals surface area contributed by atoms with Gasteiger partial charge in [-0.25, -0.2) is 0 Å². The molecule has 7 nitrogen and oxygen atoms in total. The van der Waals surface area contributed by atoms with Crippen molar-refractivity contribution in [3.63, 3.8) is 0 Å². The predicted octanol–water partition coefficient (Wildman–Crippen LogP) is 4.27. The molecular formula is C20H24BrN5O2. The van der Waals surface area contributed by atoms with Gasteiger partial charge in [0.15, 0.2) is 5.78 Å². The van der Waals surface area contributed by atoms with Gasteiger partial charge < -0.3 is 10.1 Å². The second-order valence-corrected chi connectivity index (χ2v) is 9.11. The number of tetrazole rings is 1. The summed E-state index contributed by atoms with van der Waals surface area (Å²) in [6, 6.07) is 5.49. The number of fused-ring (bicyclic) bond motifs is 1. The first-order valence-electron chi connectivity index (χ1n) is 9.63. The quantitative estimate of drug-likeness (QED) is 0.691. The van der Waals surface area contributed by atoms with Crippen molar-refractivity contribution in [1.82, 2.24) is 20.2 Å². The number of hydrogen-bond acceptors (Lipinski definition) is 6. The van der Waals surface area contributed by atoms with Crippen molar-refractivity contribution in [2.45, 2.75) is 52.5 Å². The Bertz CT molecular complexity index is 950. The molecule has 0 spiro atoms. The van der Waals surface area contributed by atoms with Gasteiger partial charge in [-0.3, -0.25) is 4.79 Å². The molecule has 0 saturated heterocycles. The summed E-state index contributed by atoms with van der Waals surface area (Å²) in [6.45, 7) is 6.99. The lowest BCUT2D eigenvalue weighted by molar-refractivity contribution is -0.118. The molecule has 1 aromatic carbocycles. The zero-order valence-corrected chi connectivity index (χ0v) is 17.9. The second kappa shape index (κ2) is 7.31. The molecule has 0 amide bonds. The number of aromatic nitrogens is 4. The molecule has 1 aromatic heterocycles. The van der Waals surface area contributed by atoms with Crippen molar-refractivity contribution in [1.29, 1.82) is 0 Å². The Balaban J connectivity index is 1.85. The second-order valence-electron chi connectivity index (χ2n) is 8.19. The molecule has 2 aromatic rings. The van der Waals surface area contributed by atoms with Gasteiger partial charge in [-0.1, -0.05) is 48.2 Å². The van der Waals surface area contributed by atoms with Gasteiger partial charge >= 0.3 is 0 Å². The van der Waals surface area contributed by atoms with Crippen LogP contribution in [0.15, 0.2) is 33.9 Å². The number of allylic oxidation sites excluding steroid dienone is 2. The largest absolute Gasteiger partial charge is 0.493 e. The van der Waals surface area contributed by atoms with Gasteiger partial charge in [0.25, 0.3) is 0 Å². The van der Waals surface area contributed by atoms with E-state index in [0.717, 1.165) is 46.3 Å². The molecule has 0 bridgehead atoms. The van der Waals surface area contributed by atoms with Crippen LogP contribution in [-0.4, -0.2) is 32.6 Å². The summed E-state index contributed by atoms with van der Waals surface area (Å²) in [7, 11) is 0. The summed E-state index contributed by atoms with van der Waals surface area (Å²) in [5, 5.41) is 15.4. The van der Waals surface area contributed by atoms with Crippen molar-refractivity contribution in [2.24, 2.45) is 5.41 Å². The van der Waals surface area contributed by atoms with Gasteiger partial charge in [0, 0.05) is 27.7 Å². The third-order valence-electron chi connectivity index (χ3n) is 5.22. The lowest BCUT2D eigenvalue weighted by atomic mass is 9.73. The molecule has 0 radical (unpaired) electrons. The summed E-state index contributed by atoms with van der Waals surface area (Å²) in [5.74, 6) is 1.44. The van der Waals surface area contributed by atoms with Crippen LogP contribution in [0.25, 0.3) is 0 Å². The number of benzene rings is 1. The number of Topliss-reactive ketones (excluding diaryl/α,β-unsaturated/α-hetero) is 1. The molecule has 0 saturated carbocycles. The zero-order valence-electron chi connectivity index (χ0n) is 16.3. The number of carbonyl (C=O) groups excluding carboxylic acids is 1. The van der Waals surface area contributed by atoms with Crippen molar-refractivity contribution in [3.8, 4) is 5.75 Å². The zero-order chi connectivity index (χ0) is 19.9. The van der Waals surface area contributed by atoms with E-state index < -0.39 is 6.04 Å². The highest BCUT2D eigenvalue weighted by Crippen LogP contribution is 2.47. The topological polar surface area (TPSA) is 81.9 Å². The highest BCUT2D eigenvalue weighted by molar-refractivity contribution is 9.10. The first-order valence-corrected chi connectivity index (χ1v) is 10.4. The Morgan fingerprint density at radius 3 is 2.96 bits per heavy atom. The Morgan fingerprint density at radius 1 is 1.36 bits per heavy atom. The van der Waals surface area contributed by atoms with Crippen LogP contribution in [0.5, 0.6) is 5.75 Å². The van der Waals surface area contributed by atoms with Gasteiger partial charge in [-0.05, 0) is 46.9 Å². The van der Waals surface area contributed by atoms with E-state index in [1.165, 1.54) is 0 Å². The maximum absolute atomic E-state index is 13.2. The van der Waals surface area contributed by atoms with E-state index >= 15 is 0 Å². The number of ketones is 1. The van der Waals surface area contributed by atoms with Crippen LogP contribution in [0.2, 0.25) is 0 Å². The van der Waals surface area contributed by atoms with Crippen LogP contribution >= 0.6 is 15.9 Å². The molecule has 2 heterocycles. The Hall–Kier alpha value is -2.22. The van der Waals surface area contributed by atoms with E-state index in [2.05, 4.69) is 57.5 Å². The third kappa shape index (κ3) is 3.45. The molecule has 0 fully saturated rings. The normalized spacial score (nSPS) is 20.4. The lowest BCUT2D eigenvalue weighted by Gasteiger charge is -2.38. The average Bonchev–Trinajstić information content (AvgIpc) is 3.08. The fraction of sp³-hybridized carbons (Fsp3) is 0.500. The molecule has 1 unspecified atom stereocenters. The summed E-state index contributed by atoms with van der Waals surface area (Å²) in [4.78, 5) is 13.2. The van der Waals surface area contributed by atoms with Crippen LogP contribution < -0.4 is 10.1 Å². The number of carbonyl (C=O) groups is 1. The van der Waals surface area contributed by atoms with E-state index in [-0.39, 0.29) is 11.2 Å². The minimum Gasteiger partial charge on any atom is -0.493 e. The SMILES string of the molecule is CCCCOc1ccc(Br)cc1C1C2=C(CC(C)(C)CC2=O)Nc2nnnn21. The number of halogens is 1. The molecule has 2 aliphatic rings. The molecule has 1 atom stereocenters. The van der Waals surface area contributed by atoms with Crippen LogP contribution in [0.3, 0.4) is 0 Å². The monoisotopic (exact) mass is 445 g/mol. The summed E-state index contributed by atoms with van der Waals surface area (Å²) < 4.78 is 8.68. The Morgan fingerprint density at radius 2 is 2.18 bits per heavy atom. The third-order valence-corrected chi connectivity index (χ3v) is 5.71. The van der Waals surface area contributed by atoms with Crippen LogP contribution in [0, 0.1) is 5.41 Å². The number of unbranched alkanes of at least 4 members (excludes halogenated alkanes) is 1. The number of nitrogens with one attached hydrogen (secondary N) is 1. The molecule has 1 aliphatic carbocycles. The van der Waals surface area contributed by atoms with Crippen molar-refractivity contribution in [2.75, 3.05) is 11.9 Å². The van der Waals surface area contributed by atoms with Gasteiger partial charge in [0.1, 0.15) is 11.8 Å². The van der Waals surface area contributed by atoms with Gasteiger partial charge in [-0.2, -0.15) is 4.68 Å². The number of ether oxygens (including phenoxy) is 1. The van der Waals surface area contributed by atoms with E-state index in [4.69, 9.17) is 4.74 Å². The highest BCUT2D eigenvalue weighted by atomic mass is 79.9. The Kier molecular flexibility index (Phi) is 4.99. The lowest BCUT2D eigenvalue weighted by Crippen LogP contribution is -2.36. The Labute approximate surface area is 172 Å². The van der Waals surface area contributed by atoms with E-state index in [0.29, 0.717) is 19.0 Å². The minimum atomic E-state index is -0.404. The summed E-state index contributed by atoms with van der Waals surface area (Å²) in [6.07, 6.45) is 3.30. The van der Waals surface area contributed by atoms with E-state index in [9.17, 15) is 4.79 Å². The average molecular weight is 446 g/mol. The van der Waals surface area contributed by atoms with E-state index in [1.807, 2.05) is 18.2 Å². The van der Waals surface area contributed by atoms with Crippen molar-refractivity contribution >= 4 is 27.7 Å². The summed E-state index contributed by atoms with van der Waals surface area (Å²) in [5.41, 5.74) is 2.44. The minimum absolute atomic E-state index is 0.0964. The molecule has 148 valence electrons. The highest BCUT2D eigenvalue weighted by Gasteiger charge is 2.42. The van der Waals surface area contributed by atoms with Crippen molar-refractivity contribution in [3.05, 3.63) is 39.5 Å². The van der Waals surface area contributed by atoms with Gasteiger partial charge in [0.05, 0.1) is 6.61 Å². The molecule has 28 heavy (non-hydrogen) atoms. The number of nitrogens with zero attached hydrogens (tertiary/aromatic N) is 4. The molecule has 8 heteroatoms. The molecule has 4 rings (SSSR count). The first kappa shape index (κ1) is 19.1. The van der Waals surface area contributed by atoms with Crippen molar-refractivity contribution < 1.29 is 9.53 Å². The summed E-state index contributed by atoms with van der Waals surface area (Å²) >= 11 is 3.56. The van der Waals surface area contributed by atoms with Gasteiger partial charge in [0.2, 0.25) is 5.95 Å². The molecule has 1 aliphatic heterocycles. The van der Waals surface area contributed by atoms with Gasteiger partial charge in [-0.15, -0.1) is 0 Å². The fourth-order valence-corrected chi connectivity index (χ4v) is 4.33. The maximum Gasteiger partial charge on any atom is 0.248 e. The molecule has 1 N–H and O–H groups in total.